The Bertz CT molecular complexity index is 457. The van der Waals surface area contributed by atoms with Crippen LogP contribution < -0.4 is 10.1 Å². The highest BCUT2D eigenvalue weighted by Crippen LogP contribution is 2.10. The van der Waals surface area contributed by atoms with Crippen LogP contribution in [0.1, 0.15) is 13.3 Å². The molecule has 18 heavy (non-hydrogen) atoms. The minimum Gasteiger partial charge on any atom is -0.478 e. The smallest absolute Gasteiger partial charge is 0.218 e. The summed E-state index contributed by atoms with van der Waals surface area (Å²) >= 11 is 0. The van der Waals surface area contributed by atoms with Gasteiger partial charge in [-0.2, -0.15) is 0 Å². The zero-order valence-corrected chi connectivity index (χ0v) is 10.4. The van der Waals surface area contributed by atoms with Crippen molar-refractivity contribution in [2.24, 2.45) is 0 Å². The number of nitrogens with zero attached hydrogens (tertiary/aromatic N) is 4. The molecule has 0 amide bonds. The van der Waals surface area contributed by atoms with Crippen LogP contribution in [0.25, 0.3) is 0 Å². The number of imidazole rings is 1. The number of nitrogens with one attached hydrogen (secondary N) is 1. The second-order valence-corrected chi connectivity index (χ2v) is 3.82. The van der Waals surface area contributed by atoms with Crippen molar-refractivity contribution in [3.63, 3.8) is 0 Å². The summed E-state index contributed by atoms with van der Waals surface area (Å²) in [5, 5.41) is 3.22. The molecule has 0 aliphatic rings. The summed E-state index contributed by atoms with van der Waals surface area (Å²) < 4.78 is 7.44. The third kappa shape index (κ3) is 3.73. The topological polar surface area (TPSA) is 64.9 Å². The molecule has 0 bridgehead atoms. The van der Waals surface area contributed by atoms with Gasteiger partial charge in [-0.15, -0.1) is 0 Å². The third-order valence-corrected chi connectivity index (χ3v) is 2.33. The SMILES string of the molecule is CCCOc1cc(NCCn2ccnc2)ncn1. The van der Waals surface area contributed by atoms with Gasteiger partial charge in [-0.25, -0.2) is 15.0 Å². The maximum Gasteiger partial charge on any atom is 0.218 e. The van der Waals surface area contributed by atoms with E-state index in [1.54, 1.807) is 12.5 Å². The van der Waals surface area contributed by atoms with Crippen LogP contribution in [-0.2, 0) is 6.54 Å². The van der Waals surface area contributed by atoms with Crippen LogP contribution in [0.4, 0.5) is 5.82 Å². The third-order valence-electron chi connectivity index (χ3n) is 2.33. The molecule has 2 heterocycles. The molecule has 1 N–H and O–H groups in total. The van der Waals surface area contributed by atoms with Gasteiger partial charge >= 0.3 is 0 Å². The first-order chi connectivity index (χ1) is 8.88. The minimum absolute atomic E-state index is 0.608. The molecule has 0 spiro atoms. The zero-order chi connectivity index (χ0) is 12.6. The summed E-state index contributed by atoms with van der Waals surface area (Å²) in [5.74, 6) is 1.38. The predicted octanol–water partition coefficient (Wildman–Crippen LogP) is 1.57. The molecular weight excluding hydrogens is 230 g/mol. The highest BCUT2D eigenvalue weighted by molar-refractivity contribution is 5.36. The molecule has 2 aromatic heterocycles. The van der Waals surface area contributed by atoms with Crippen LogP contribution in [-0.4, -0.2) is 32.7 Å². The van der Waals surface area contributed by atoms with E-state index in [-0.39, 0.29) is 0 Å². The monoisotopic (exact) mass is 247 g/mol. The van der Waals surface area contributed by atoms with Crippen molar-refractivity contribution < 1.29 is 4.74 Å². The fourth-order valence-electron chi connectivity index (χ4n) is 1.45. The van der Waals surface area contributed by atoms with Crippen molar-refractivity contribution in [1.82, 2.24) is 19.5 Å². The normalized spacial score (nSPS) is 10.3. The van der Waals surface area contributed by atoms with Gasteiger partial charge in [0.05, 0.1) is 12.9 Å². The molecule has 0 saturated heterocycles. The first kappa shape index (κ1) is 12.3. The number of rotatable bonds is 7. The lowest BCUT2D eigenvalue weighted by molar-refractivity contribution is 0.305. The van der Waals surface area contributed by atoms with E-state index in [1.165, 1.54) is 6.33 Å². The van der Waals surface area contributed by atoms with Gasteiger partial charge in [0.15, 0.2) is 0 Å². The average Bonchev–Trinajstić information content (AvgIpc) is 2.90. The minimum atomic E-state index is 0.608. The highest BCUT2D eigenvalue weighted by atomic mass is 16.5. The molecule has 2 aromatic rings. The Morgan fingerprint density at radius 2 is 2.33 bits per heavy atom. The summed E-state index contributed by atoms with van der Waals surface area (Å²) in [7, 11) is 0. The van der Waals surface area contributed by atoms with E-state index in [4.69, 9.17) is 4.74 Å². The second kappa shape index (κ2) is 6.58. The van der Waals surface area contributed by atoms with Gasteiger partial charge in [-0.3, -0.25) is 0 Å². The predicted molar refractivity (Wildman–Crippen MR) is 68.5 cm³/mol. The van der Waals surface area contributed by atoms with E-state index in [2.05, 4.69) is 27.2 Å². The number of hydrogen-bond donors (Lipinski definition) is 1. The average molecular weight is 247 g/mol. The molecule has 96 valence electrons. The van der Waals surface area contributed by atoms with Gasteiger partial charge in [-0.05, 0) is 6.42 Å². The summed E-state index contributed by atoms with van der Waals surface area (Å²) in [6, 6.07) is 1.81. The molecule has 6 nitrogen and oxygen atoms in total. The molecule has 0 radical (unpaired) electrons. The quantitative estimate of drug-likeness (QED) is 0.804. The van der Waals surface area contributed by atoms with E-state index in [0.29, 0.717) is 12.5 Å². The Balaban J connectivity index is 1.81. The lowest BCUT2D eigenvalue weighted by atomic mass is 10.5. The molecule has 0 atom stereocenters. The van der Waals surface area contributed by atoms with Gasteiger partial charge in [0.2, 0.25) is 5.88 Å². The van der Waals surface area contributed by atoms with Gasteiger partial charge in [0.25, 0.3) is 0 Å². The standard InChI is InChI=1S/C12H17N5O/c1-2-7-18-12-8-11(15-9-16-12)14-4-6-17-5-3-13-10-17/h3,5,8-10H,2,4,6-7H2,1H3,(H,14,15,16). The van der Waals surface area contributed by atoms with E-state index in [9.17, 15) is 0 Å². The Hall–Kier alpha value is -2.11. The Morgan fingerprint density at radius 3 is 3.11 bits per heavy atom. The van der Waals surface area contributed by atoms with Crippen LogP contribution >= 0.6 is 0 Å². The summed E-state index contributed by atoms with van der Waals surface area (Å²) in [5.41, 5.74) is 0. The molecular formula is C12H17N5O. The van der Waals surface area contributed by atoms with E-state index < -0.39 is 0 Å². The molecule has 6 heteroatoms. The van der Waals surface area contributed by atoms with Crippen molar-refractivity contribution in [2.45, 2.75) is 19.9 Å². The molecule has 0 aliphatic heterocycles. The van der Waals surface area contributed by atoms with Gasteiger partial charge in [0.1, 0.15) is 12.1 Å². The summed E-state index contributed by atoms with van der Waals surface area (Å²) in [6.45, 7) is 4.35. The number of hydrogen-bond acceptors (Lipinski definition) is 5. The zero-order valence-electron chi connectivity index (χ0n) is 10.4. The summed E-state index contributed by atoms with van der Waals surface area (Å²) in [6.07, 6.45) is 7.95. The van der Waals surface area contributed by atoms with Crippen molar-refractivity contribution in [3.05, 3.63) is 31.1 Å². The number of aromatic nitrogens is 4. The van der Waals surface area contributed by atoms with E-state index in [1.807, 2.05) is 16.8 Å². The van der Waals surface area contributed by atoms with Crippen molar-refractivity contribution in [2.75, 3.05) is 18.5 Å². The molecule has 0 unspecified atom stereocenters. The molecule has 0 fully saturated rings. The molecule has 0 saturated carbocycles. The Labute approximate surface area is 106 Å². The van der Waals surface area contributed by atoms with Crippen LogP contribution in [0.3, 0.4) is 0 Å². The fourth-order valence-corrected chi connectivity index (χ4v) is 1.45. The summed E-state index contributed by atoms with van der Waals surface area (Å²) in [4.78, 5) is 12.2. The van der Waals surface area contributed by atoms with Crippen molar-refractivity contribution in [1.29, 1.82) is 0 Å². The molecule has 2 rings (SSSR count). The van der Waals surface area contributed by atoms with Crippen molar-refractivity contribution >= 4 is 5.82 Å². The molecule has 0 aliphatic carbocycles. The largest absolute Gasteiger partial charge is 0.478 e. The lowest BCUT2D eigenvalue weighted by Crippen LogP contribution is -2.10. The van der Waals surface area contributed by atoms with E-state index in [0.717, 1.165) is 25.3 Å². The van der Waals surface area contributed by atoms with Crippen LogP contribution in [0, 0.1) is 0 Å². The maximum atomic E-state index is 5.44. The molecule has 0 aromatic carbocycles. The Kier molecular flexibility index (Phi) is 4.52. The van der Waals surface area contributed by atoms with E-state index >= 15 is 0 Å². The second-order valence-electron chi connectivity index (χ2n) is 3.82. The van der Waals surface area contributed by atoms with Gasteiger partial charge in [0, 0.05) is 31.5 Å². The van der Waals surface area contributed by atoms with Crippen LogP contribution in [0.15, 0.2) is 31.1 Å². The Morgan fingerprint density at radius 1 is 1.39 bits per heavy atom. The van der Waals surface area contributed by atoms with Crippen LogP contribution in [0.2, 0.25) is 0 Å². The van der Waals surface area contributed by atoms with Crippen molar-refractivity contribution in [3.8, 4) is 5.88 Å². The van der Waals surface area contributed by atoms with Gasteiger partial charge < -0.3 is 14.6 Å². The number of ether oxygens (including phenoxy) is 1. The van der Waals surface area contributed by atoms with Gasteiger partial charge in [-0.1, -0.05) is 6.92 Å². The number of anilines is 1. The lowest BCUT2D eigenvalue weighted by Gasteiger charge is -2.07. The fraction of sp³-hybridized carbons (Fsp3) is 0.417. The maximum absolute atomic E-state index is 5.44. The first-order valence-electron chi connectivity index (χ1n) is 6.03. The highest BCUT2D eigenvalue weighted by Gasteiger charge is 1.99. The van der Waals surface area contributed by atoms with Crippen LogP contribution in [0.5, 0.6) is 5.88 Å². The first-order valence-corrected chi connectivity index (χ1v) is 6.03.